The van der Waals surface area contributed by atoms with E-state index in [0.717, 1.165) is 24.2 Å². The fourth-order valence-electron chi connectivity index (χ4n) is 1.58. The van der Waals surface area contributed by atoms with Crippen molar-refractivity contribution in [3.8, 4) is 0 Å². The lowest BCUT2D eigenvalue weighted by atomic mass is 10.0. The first-order valence-electron chi connectivity index (χ1n) is 4.44. The van der Waals surface area contributed by atoms with Gasteiger partial charge in [-0.25, -0.2) is 0 Å². The molecule has 1 aromatic rings. The molecule has 0 fully saturated rings. The smallest absolute Gasteiger partial charge is 0.0859 e. The Labute approximate surface area is 71.2 Å². The predicted octanol–water partition coefficient (Wildman–Crippen LogP) is 0.149. The third kappa shape index (κ3) is 1.34. The van der Waals surface area contributed by atoms with Gasteiger partial charge in [-0.15, -0.1) is 0 Å². The van der Waals surface area contributed by atoms with Crippen molar-refractivity contribution in [3.05, 3.63) is 11.4 Å². The highest BCUT2D eigenvalue weighted by Crippen LogP contribution is 2.16. The number of hydrogen-bond acceptors (Lipinski definition) is 3. The van der Waals surface area contributed by atoms with Gasteiger partial charge in [-0.2, -0.15) is 15.0 Å². The summed E-state index contributed by atoms with van der Waals surface area (Å²) in [7, 11) is 0. The maximum absolute atomic E-state index is 8.68. The number of rotatable bonds is 2. The molecule has 1 heterocycles. The summed E-state index contributed by atoms with van der Waals surface area (Å²) in [5.41, 5.74) is 2.27. The van der Waals surface area contributed by atoms with Gasteiger partial charge in [0, 0.05) is 0 Å². The summed E-state index contributed by atoms with van der Waals surface area (Å²) in [6, 6.07) is 0. The van der Waals surface area contributed by atoms with Crippen molar-refractivity contribution in [2.75, 3.05) is 6.61 Å². The molecule has 2 rings (SSSR count). The van der Waals surface area contributed by atoms with E-state index >= 15 is 0 Å². The minimum absolute atomic E-state index is 0.119. The molecule has 12 heavy (non-hydrogen) atoms. The minimum atomic E-state index is 0.119. The first kappa shape index (κ1) is 7.73. The van der Waals surface area contributed by atoms with Gasteiger partial charge in [-0.3, -0.25) is 0 Å². The number of nitrogens with zero attached hydrogens (tertiary/aromatic N) is 3. The summed E-state index contributed by atoms with van der Waals surface area (Å²) >= 11 is 0. The van der Waals surface area contributed by atoms with E-state index in [1.807, 2.05) is 0 Å². The highest BCUT2D eigenvalue weighted by molar-refractivity contribution is 5.11. The van der Waals surface area contributed by atoms with E-state index in [-0.39, 0.29) is 6.61 Å². The predicted molar refractivity (Wildman–Crippen MR) is 43.7 cm³/mol. The molecule has 1 aliphatic carbocycles. The van der Waals surface area contributed by atoms with Crippen molar-refractivity contribution in [2.45, 2.75) is 32.2 Å². The first-order chi connectivity index (χ1) is 5.90. The quantitative estimate of drug-likeness (QED) is 0.682. The molecule has 1 aromatic heterocycles. The fourth-order valence-corrected chi connectivity index (χ4v) is 1.58. The number of aromatic nitrogens is 3. The van der Waals surface area contributed by atoms with Gasteiger partial charge in [0.25, 0.3) is 0 Å². The van der Waals surface area contributed by atoms with Crippen LogP contribution in [0.3, 0.4) is 0 Å². The van der Waals surface area contributed by atoms with Gasteiger partial charge in [0.15, 0.2) is 0 Å². The van der Waals surface area contributed by atoms with Gasteiger partial charge >= 0.3 is 0 Å². The Hall–Kier alpha value is -0.900. The number of aliphatic hydroxyl groups is 1. The molecule has 0 spiro atoms. The van der Waals surface area contributed by atoms with Gasteiger partial charge in [-0.05, 0) is 25.7 Å². The number of aliphatic hydroxyl groups excluding tert-OH is 1. The van der Waals surface area contributed by atoms with E-state index in [1.54, 1.807) is 4.80 Å². The molecule has 0 unspecified atom stereocenters. The molecule has 0 radical (unpaired) electrons. The Morgan fingerprint density at radius 2 is 1.75 bits per heavy atom. The van der Waals surface area contributed by atoms with Crippen LogP contribution in [0.2, 0.25) is 0 Å². The van der Waals surface area contributed by atoms with Crippen LogP contribution in [0, 0.1) is 0 Å². The van der Waals surface area contributed by atoms with Crippen LogP contribution >= 0.6 is 0 Å². The molecule has 0 atom stereocenters. The molecule has 0 saturated carbocycles. The van der Waals surface area contributed by atoms with Crippen molar-refractivity contribution in [3.63, 3.8) is 0 Å². The second kappa shape index (κ2) is 3.23. The number of fused-ring (bicyclic) bond motifs is 1. The van der Waals surface area contributed by atoms with Gasteiger partial charge in [-0.1, -0.05) is 0 Å². The average molecular weight is 167 g/mol. The molecule has 1 N–H and O–H groups in total. The normalized spacial score (nSPS) is 16.1. The van der Waals surface area contributed by atoms with Crippen LogP contribution in [0.4, 0.5) is 0 Å². The number of aryl methyl sites for hydroxylation is 2. The Bertz CT molecular complexity index is 246. The minimum Gasteiger partial charge on any atom is -0.394 e. The van der Waals surface area contributed by atoms with E-state index in [1.165, 1.54) is 12.8 Å². The zero-order valence-electron chi connectivity index (χ0n) is 7.03. The van der Waals surface area contributed by atoms with Gasteiger partial charge in [0.05, 0.1) is 24.5 Å². The molecule has 4 nitrogen and oxygen atoms in total. The molecule has 1 aliphatic rings. The summed E-state index contributed by atoms with van der Waals surface area (Å²) in [4.78, 5) is 1.61. The first-order valence-corrected chi connectivity index (χ1v) is 4.44. The van der Waals surface area contributed by atoms with E-state index in [2.05, 4.69) is 10.2 Å². The van der Waals surface area contributed by atoms with Crippen molar-refractivity contribution < 1.29 is 5.11 Å². The van der Waals surface area contributed by atoms with E-state index in [0.29, 0.717) is 6.54 Å². The van der Waals surface area contributed by atoms with Gasteiger partial charge in [0.1, 0.15) is 0 Å². The zero-order chi connectivity index (χ0) is 8.39. The van der Waals surface area contributed by atoms with Gasteiger partial charge in [0.2, 0.25) is 0 Å². The Morgan fingerprint density at radius 3 is 2.25 bits per heavy atom. The fraction of sp³-hybridized carbons (Fsp3) is 0.750. The third-order valence-corrected chi connectivity index (χ3v) is 2.18. The Morgan fingerprint density at radius 1 is 1.17 bits per heavy atom. The van der Waals surface area contributed by atoms with E-state index < -0.39 is 0 Å². The van der Waals surface area contributed by atoms with Crippen LogP contribution < -0.4 is 0 Å². The summed E-state index contributed by atoms with van der Waals surface area (Å²) in [6.45, 7) is 0.639. The monoisotopic (exact) mass is 167 g/mol. The van der Waals surface area contributed by atoms with Gasteiger partial charge < -0.3 is 5.11 Å². The van der Waals surface area contributed by atoms with Crippen LogP contribution in [-0.4, -0.2) is 26.7 Å². The molecule has 0 saturated heterocycles. The number of hydrogen-bond donors (Lipinski definition) is 1. The maximum Gasteiger partial charge on any atom is 0.0859 e. The van der Waals surface area contributed by atoms with Crippen molar-refractivity contribution in [2.24, 2.45) is 0 Å². The van der Waals surface area contributed by atoms with Crippen LogP contribution in [0.15, 0.2) is 0 Å². The highest BCUT2D eigenvalue weighted by atomic mass is 16.3. The maximum atomic E-state index is 8.68. The zero-order valence-corrected chi connectivity index (χ0v) is 7.03. The Balaban J connectivity index is 2.20. The SMILES string of the molecule is OCCn1nc2c(n1)CCCC2. The molecule has 4 heteroatoms. The summed E-state index contributed by atoms with van der Waals surface area (Å²) < 4.78 is 0. The second-order valence-electron chi connectivity index (χ2n) is 3.12. The van der Waals surface area contributed by atoms with Crippen LogP contribution in [0.25, 0.3) is 0 Å². The van der Waals surface area contributed by atoms with Crippen molar-refractivity contribution in [1.82, 2.24) is 15.0 Å². The topological polar surface area (TPSA) is 50.9 Å². The lowest BCUT2D eigenvalue weighted by molar-refractivity contribution is 0.260. The van der Waals surface area contributed by atoms with E-state index in [4.69, 9.17) is 5.11 Å². The third-order valence-electron chi connectivity index (χ3n) is 2.18. The molecule has 0 aliphatic heterocycles. The molecule has 66 valence electrons. The molecular weight excluding hydrogens is 154 g/mol. The lowest BCUT2D eigenvalue weighted by Crippen LogP contribution is -2.05. The Kier molecular flexibility index (Phi) is 2.08. The van der Waals surface area contributed by atoms with Crippen molar-refractivity contribution >= 4 is 0 Å². The highest BCUT2D eigenvalue weighted by Gasteiger charge is 2.14. The standard InChI is InChI=1S/C8H13N3O/c12-6-5-11-9-7-3-1-2-4-8(7)10-11/h12H,1-6H2. The van der Waals surface area contributed by atoms with Crippen LogP contribution in [0.5, 0.6) is 0 Å². The molecule has 0 aromatic carbocycles. The summed E-state index contributed by atoms with van der Waals surface area (Å²) in [5, 5.41) is 17.3. The molecular formula is C8H13N3O. The summed E-state index contributed by atoms with van der Waals surface area (Å²) in [5.74, 6) is 0. The van der Waals surface area contributed by atoms with E-state index in [9.17, 15) is 0 Å². The summed E-state index contributed by atoms with van der Waals surface area (Å²) in [6.07, 6.45) is 4.57. The van der Waals surface area contributed by atoms with Crippen LogP contribution in [-0.2, 0) is 19.4 Å². The molecule has 0 amide bonds. The largest absolute Gasteiger partial charge is 0.394 e. The average Bonchev–Trinajstić information content (AvgIpc) is 2.47. The molecule has 0 bridgehead atoms. The van der Waals surface area contributed by atoms with Crippen LogP contribution in [0.1, 0.15) is 24.2 Å². The second-order valence-corrected chi connectivity index (χ2v) is 3.12. The lowest BCUT2D eigenvalue weighted by Gasteiger charge is -2.05. The van der Waals surface area contributed by atoms with Crippen molar-refractivity contribution in [1.29, 1.82) is 0 Å².